The van der Waals surface area contributed by atoms with E-state index in [0.29, 0.717) is 16.4 Å². The van der Waals surface area contributed by atoms with Crippen molar-refractivity contribution in [3.63, 3.8) is 0 Å². The molecule has 0 aliphatic rings. The van der Waals surface area contributed by atoms with Gasteiger partial charge < -0.3 is 5.32 Å². The van der Waals surface area contributed by atoms with Gasteiger partial charge in [-0.15, -0.1) is 0 Å². The number of urea groups is 1. The third-order valence-corrected chi connectivity index (χ3v) is 5.55. The number of carbonyl (C=O) groups excluding carboxylic acids is 1. The molecule has 3 aromatic rings. The van der Waals surface area contributed by atoms with Gasteiger partial charge in [0.2, 0.25) is 0 Å². The molecule has 2 amide bonds. The number of halogens is 1. The van der Waals surface area contributed by atoms with Crippen LogP contribution in [0.4, 0.5) is 27.5 Å². The normalized spacial score (nSPS) is 10.7. The number of nitro benzene ring substituents is 1. The largest absolute Gasteiger partial charge is 0.337 e. The first-order valence-corrected chi connectivity index (χ1v) is 10.6. The number of amides is 2. The number of hydrogen-bond acceptors (Lipinski definition) is 6. The van der Waals surface area contributed by atoms with Crippen molar-refractivity contribution in [1.29, 1.82) is 0 Å². The Morgan fingerprint density at radius 2 is 1.61 bits per heavy atom. The molecule has 0 unspecified atom stereocenters. The van der Waals surface area contributed by atoms with Crippen molar-refractivity contribution < 1.29 is 18.1 Å². The monoisotopic (exact) mass is 461 g/mol. The molecule has 4 N–H and O–H groups in total. The molecule has 31 heavy (non-hydrogen) atoms. The number of anilines is 3. The highest BCUT2D eigenvalue weighted by atomic mass is 35.5. The zero-order valence-corrected chi connectivity index (χ0v) is 17.3. The summed E-state index contributed by atoms with van der Waals surface area (Å²) in [6.45, 7) is 0. The fourth-order valence-electron chi connectivity index (χ4n) is 2.48. The SMILES string of the molecule is O=C(NNc1ccc(S(=O)(=O)Nc2ccccc2)cc1[N+](=O)[O-])Nc1ccc(Cl)cc1. The van der Waals surface area contributed by atoms with Gasteiger partial charge >= 0.3 is 6.03 Å². The van der Waals surface area contributed by atoms with Crippen LogP contribution in [0.2, 0.25) is 5.02 Å². The van der Waals surface area contributed by atoms with E-state index >= 15 is 0 Å². The molecule has 0 aromatic heterocycles. The summed E-state index contributed by atoms with van der Waals surface area (Å²) in [5.74, 6) is 0. The van der Waals surface area contributed by atoms with Crippen LogP contribution in [0.1, 0.15) is 0 Å². The van der Waals surface area contributed by atoms with E-state index < -0.39 is 26.7 Å². The molecule has 0 aliphatic heterocycles. The van der Waals surface area contributed by atoms with Gasteiger partial charge in [0.15, 0.2) is 0 Å². The third-order valence-electron chi connectivity index (χ3n) is 3.91. The van der Waals surface area contributed by atoms with Crippen molar-refractivity contribution in [2.24, 2.45) is 0 Å². The van der Waals surface area contributed by atoms with Gasteiger partial charge in [-0.2, -0.15) is 0 Å². The van der Waals surface area contributed by atoms with Crippen LogP contribution in [-0.2, 0) is 10.0 Å². The number of para-hydroxylation sites is 1. The number of rotatable bonds is 7. The lowest BCUT2D eigenvalue weighted by Crippen LogP contribution is -2.33. The second-order valence-electron chi connectivity index (χ2n) is 6.12. The van der Waals surface area contributed by atoms with Crippen LogP contribution in [0, 0.1) is 10.1 Å². The maximum absolute atomic E-state index is 12.5. The molecule has 160 valence electrons. The van der Waals surface area contributed by atoms with E-state index in [9.17, 15) is 23.3 Å². The Labute approximate surface area is 182 Å². The Hall–Kier alpha value is -3.83. The standard InChI is InChI=1S/C19H16ClN5O5S/c20-13-6-8-14(9-7-13)21-19(26)23-22-17-11-10-16(12-18(17)25(27)28)31(29,30)24-15-4-2-1-3-5-15/h1-12,22,24H,(H2,21,23,26). The first-order valence-electron chi connectivity index (χ1n) is 8.69. The van der Waals surface area contributed by atoms with Gasteiger partial charge in [0.05, 0.1) is 9.82 Å². The van der Waals surface area contributed by atoms with Gasteiger partial charge in [-0.25, -0.2) is 13.2 Å². The highest BCUT2D eigenvalue weighted by molar-refractivity contribution is 7.92. The molecule has 10 nitrogen and oxygen atoms in total. The van der Waals surface area contributed by atoms with E-state index in [0.717, 1.165) is 6.07 Å². The van der Waals surface area contributed by atoms with Crippen molar-refractivity contribution in [2.75, 3.05) is 15.5 Å². The Kier molecular flexibility index (Phi) is 6.58. The van der Waals surface area contributed by atoms with Gasteiger partial charge in [0.1, 0.15) is 5.69 Å². The molecule has 0 aliphatic carbocycles. The number of sulfonamides is 1. The molecule has 0 bridgehead atoms. The quantitative estimate of drug-likeness (QED) is 0.307. The van der Waals surface area contributed by atoms with Gasteiger partial charge in [-0.3, -0.25) is 25.7 Å². The van der Waals surface area contributed by atoms with Crippen molar-refractivity contribution >= 4 is 50.4 Å². The second-order valence-corrected chi connectivity index (χ2v) is 8.24. The first kappa shape index (κ1) is 21.9. The van der Waals surface area contributed by atoms with E-state index in [4.69, 9.17) is 11.6 Å². The lowest BCUT2D eigenvalue weighted by molar-refractivity contribution is -0.384. The average molecular weight is 462 g/mol. The summed E-state index contributed by atoms with van der Waals surface area (Å²) in [7, 11) is -4.05. The summed E-state index contributed by atoms with van der Waals surface area (Å²) >= 11 is 5.77. The Balaban J connectivity index is 1.73. The molecule has 3 aromatic carbocycles. The zero-order chi connectivity index (χ0) is 22.4. The Bertz CT molecular complexity index is 1200. The van der Waals surface area contributed by atoms with Crippen LogP contribution in [0.25, 0.3) is 0 Å². The molecule has 0 atom stereocenters. The van der Waals surface area contributed by atoms with Crippen LogP contribution >= 0.6 is 11.6 Å². The minimum absolute atomic E-state index is 0.102. The Morgan fingerprint density at radius 3 is 2.26 bits per heavy atom. The maximum atomic E-state index is 12.5. The summed E-state index contributed by atoms with van der Waals surface area (Å²) in [5.41, 5.74) is 4.78. The summed E-state index contributed by atoms with van der Waals surface area (Å²) in [5, 5.41) is 14.4. The highest BCUT2D eigenvalue weighted by Crippen LogP contribution is 2.28. The maximum Gasteiger partial charge on any atom is 0.337 e. The number of carbonyl (C=O) groups is 1. The summed E-state index contributed by atoms with van der Waals surface area (Å²) in [6.07, 6.45) is 0. The van der Waals surface area contributed by atoms with Crippen LogP contribution in [0.3, 0.4) is 0 Å². The smallest absolute Gasteiger partial charge is 0.307 e. The lowest BCUT2D eigenvalue weighted by Gasteiger charge is -2.12. The van der Waals surface area contributed by atoms with Gasteiger partial charge in [-0.05, 0) is 48.5 Å². The minimum Gasteiger partial charge on any atom is -0.307 e. The van der Waals surface area contributed by atoms with Crippen LogP contribution < -0.4 is 20.9 Å². The number of nitrogens with zero attached hydrogens (tertiary/aromatic N) is 1. The van der Waals surface area contributed by atoms with Gasteiger partial charge in [0, 0.05) is 22.5 Å². The van der Waals surface area contributed by atoms with Crippen molar-refractivity contribution in [3.8, 4) is 0 Å². The number of benzene rings is 3. The molecule has 0 spiro atoms. The summed E-state index contributed by atoms with van der Waals surface area (Å²) < 4.78 is 27.4. The van der Waals surface area contributed by atoms with Gasteiger partial charge in [-0.1, -0.05) is 29.8 Å². The number of nitro groups is 1. The van der Waals surface area contributed by atoms with Crippen molar-refractivity contribution in [1.82, 2.24) is 5.43 Å². The van der Waals surface area contributed by atoms with E-state index in [1.54, 1.807) is 54.6 Å². The molecule has 12 heteroatoms. The van der Waals surface area contributed by atoms with E-state index in [1.807, 2.05) is 0 Å². The topological polar surface area (TPSA) is 142 Å². The lowest BCUT2D eigenvalue weighted by atomic mass is 10.3. The highest BCUT2D eigenvalue weighted by Gasteiger charge is 2.22. The predicted molar refractivity (Wildman–Crippen MR) is 118 cm³/mol. The van der Waals surface area contributed by atoms with Crippen LogP contribution in [0.15, 0.2) is 77.7 Å². The van der Waals surface area contributed by atoms with Crippen molar-refractivity contribution in [2.45, 2.75) is 4.90 Å². The summed E-state index contributed by atoms with van der Waals surface area (Å²) in [6, 6.07) is 17.0. The molecule has 0 saturated heterocycles. The molecule has 0 heterocycles. The molecular weight excluding hydrogens is 446 g/mol. The number of nitrogens with one attached hydrogen (secondary N) is 4. The van der Waals surface area contributed by atoms with Crippen LogP contribution in [0.5, 0.6) is 0 Å². The zero-order valence-electron chi connectivity index (χ0n) is 15.7. The first-order chi connectivity index (χ1) is 14.7. The number of hydrazine groups is 1. The average Bonchev–Trinajstić information content (AvgIpc) is 2.74. The predicted octanol–water partition coefficient (Wildman–Crippen LogP) is 4.20. The van der Waals surface area contributed by atoms with E-state index in [1.165, 1.54) is 12.1 Å². The van der Waals surface area contributed by atoms with E-state index in [-0.39, 0.29) is 10.6 Å². The third kappa shape index (κ3) is 5.84. The molecule has 0 fully saturated rings. The summed E-state index contributed by atoms with van der Waals surface area (Å²) in [4.78, 5) is 22.4. The van der Waals surface area contributed by atoms with E-state index in [2.05, 4.69) is 20.9 Å². The molecule has 3 rings (SSSR count). The molecular formula is C19H16ClN5O5S. The molecule has 0 saturated carbocycles. The fraction of sp³-hybridized carbons (Fsp3) is 0. The minimum atomic E-state index is -4.05. The van der Waals surface area contributed by atoms with Crippen molar-refractivity contribution in [3.05, 3.63) is 87.9 Å². The van der Waals surface area contributed by atoms with Crippen LogP contribution in [-0.4, -0.2) is 19.4 Å². The second kappa shape index (κ2) is 9.32. The Morgan fingerprint density at radius 1 is 0.935 bits per heavy atom. The molecule has 0 radical (unpaired) electrons. The number of hydrogen-bond donors (Lipinski definition) is 4. The van der Waals surface area contributed by atoms with Gasteiger partial charge in [0.25, 0.3) is 15.7 Å². The fourth-order valence-corrected chi connectivity index (χ4v) is 3.68.